The summed E-state index contributed by atoms with van der Waals surface area (Å²) < 4.78 is 5.12. The molecule has 0 aliphatic rings. The Labute approximate surface area is 222 Å². The fourth-order valence-electron chi connectivity index (χ4n) is 4.29. The van der Waals surface area contributed by atoms with Gasteiger partial charge in [-0.15, -0.1) is 0 Å². The number of hydrogen-bond donors (Lipinski definition) is 1. The SMILES string of the molecule is CCOC(=O)/C(C)=C/[C@H](C(C)C)N(C)C(=O)[C@@H](NC(=O)C(SC)C(C)(C)c1ccccc1)C(C)(C)C. The molecule has 0 spiro atoms. The third-order valence-electron chi connectivity index (χ3n) is 6.54. The summed E-state index contributed by atoms with van der Waals surface area (Å²) in [5.74, 6) is -0.705. The summed E-state index contributed by atoms with van der Waals surface area (Å²) in [6.45, 7) is 17.7. The van der Waals surface area contributed by atoms with Crippen molar-refractivity contribution in [3.63, 3.8) is 0 Å². The molecule has 0 aliphatic carbocycles. The zero-order chi connectivity index (χ0) is 27.8. The zero-order valence-electron chi connectivity index (χ0n) is 24.0. The minimum Gasteiger partial charge on any atom is -0.463 e. The molecule has 0 aliphatic heterocycles. The fourth-order valence-corrected chi connectivity index (χ4v) is 5.29. The first kappa shape index (κ1) is 31.7. The van der Waals surface area contributed by atoms with Crippen molar-refractivity contribution in [2.45, 2.75) is 85.1 Å². The summed E-state index contributed by atoms with van der Waals surface area (Å²) in [5.41, 5.74) is 0.554. The lowest BCUT2D eigenvalue weighted by atomic mass is 9.80. The highest BCUT2D eigenvalue weighted by Gasteiger charge is 2.41. The largest absolute Gasteiger partial charge is 0.463 e. The van der Waals surface area contributed by atoms with Crippen LogP contribution in [0.25, 0.3) is 0 Å². The van der Waals surface area contributed by atoms with Crippen LogP contribution in [0.4, 0.5) is 0 Å². The number of rotatable bonds is 11. The van der Waals surface area contributed by atoms with Crippen LogP contribution in [0.3, 0.4) is 0 Å². The standard InChI is InChI=1S/C29H46N2O4S/c1-12-35-27(34)20(4)18-22(19(2)3)31(10)26(33)23(28(5,6)7)30-25(32)24(36-11)29(8,9)21-16-14-13-15-17-21/h13-19,22-24H,12H2,1-11H3,(H,30,32)/b20-18+/t22-,23-,24?/m1/s1. The molecule has 7 heteroatoms. The number of ether oxygens (including phenoxy) is 1. The average Bonchev–Trinajstić information content (AvgIpc) is 2.80. The lowest BCUT2D eigenvalue weighted by Crippen LogP contribution is -2.59. The predicted octanol–water partition coefficient (Wildman–Crippen LogP) is 5.22. The topological polar surface area (TPSA) is 75.7 Å². The Morgan fingerprint density at radius 3 is 2.08 bits per heavy atom. The molecule has 36 heavy (non-hydrogen) atoms. The van der Waals surface area contributed by atoms with Crippen LogP contribution < -0.4 is 5.32 Å². The molecule has 0 saturated heterocycles. The second-order valence-corrected chi connectivity index (χ2v) is 12.2. The second kappa shape index (κ2) is 13.3. The first-order chi connectivity index (χ1) is 16.6. The molecule has 1 aromatic rings. The monoisotopic (exact) mass is 518 g/mol. The summed E-state index contributed by atoms with van der Waals surface area (Å²) in [5, 5.41) is 2.70. The van der Waals surface area contributed by atoms with Gasteiger partial charge in [0.25, 0.3) is 0 Å². The molecule has 0 saturated carbocycles. The third kappa shape index (κ3) is 8.12. The minimum atomic E-state index is -0.742. The van der Waals surface area contributed by atoms with Crippen LogP contribution in [0.5, 0.6) is 0 Å². The van der Waals surface area contributed by atoms with Gasteiger partial charge in [-0.05, 0) is 37.0 Å². The van der Waals surface area contributed by atoms with Crippen LogP contribution in [0, 0.1) is 11.3 Å². The van der Waals surface area contributed by atoms with E-state index in [-0.39, 0.29) is 23.8 Å². The summed E-state index contributed by atoms with van der Waals surface area (Å²) >= 11 is 1.48. The molecule has 202 valence electrons. The van der Waals surface area contributed by atoms with Crippen LogP contribution in [0.1, 0.15) is 67.9 Å². The maximum atomic E-state index is 13.8. The van der Waals surface area contributed by atoms with Crippen molar-refractivity contribution in [1.29, 1.82) is 0 Å². The maximum absolute atomic E-state index is 13.8. The van der Waals surface area contributed by atoms with Gasteiger partial charge < -0.3 is 15.0 Å². The number of carbonyl (C=O) groups excluding carboxylic acids is 3. The van der Waals surface area contributed by atoms with E-state index in [0.29, 0.717) is 12.2 Å². The van der Waals surface area contributed by atoms with Crippen LogP contribution in [0.2, 0.25) is 0 Å². The van der Waals surface area contributed by atoms with Gasteiger partial charge in [-0.2, -0.15) is 11.8 Å². The van der Waals surface area contributed by atoms with Crippen molar-refractivity contribution in [1.82, 2.24) is 10.2 Å². The van der Waals surface area contributed by atoms with Gasteiger partial charge >= 0.3 is 5.97 Å². The molecule has 0 radical (unpaired) electrons. The average molecular weight is 519 g/mol. The fraction of sp³-hybridized carbons (Fsp3) is 0.621. The number of benzene rings is 1. The molecule has 6 nitrogen and oxygen atoms in total. The molecule has 3 atom stereocenters. The van der Waals surface area contributed by atoms with Crippen molar-refractivity contribution < 1.29 is 19.1 Å². The van der Waals surface area contributed by atoms with Gasteiger partial charge in [-0.1, -0.05) is 84.9 Å². The smallest absolute Gasteiger partial charge is 0.333 e. The highest BCUT2D eigenvalue weighted by Crippen LogP contribution is 2.34. The van der Waals surface area contributed by atoms with Gasteiger partial charge in [0.15, 0.2) is 0 Å². The second-order valence-electron chi connectivity index (χ2n) is 11.3. The number of hydrogen-bond acceptors (Lipinski definition) is 5. The molecule has 0 heterocycles. The normalized spacial score (nSPS) is 15.2. The van der Waals surface area contributed by atoms with Crippen LogP contribution in [-0.4, -0.2) is 59.9 Å². The lowest BCUT2D eigenvalue weighted by Gasteiger charge is -2.39. The predicted molar refractivity (Wildman–Crippen MR) is 150 cm³/mol. The van der Waals surface area contributed by atoms with E-state index < -0.39 is 28.1 Å². The minimum absolute atomic E-state index is 0.0515. The van der Waals surface area contributed by atoms with Crippen LogP contribution >= 0.6 is 11.8 Å². The van der Waals surface area contributed by atoms with E-state index in [1.54, 1.807) is 31.9 Å². The van der Waals surface area contributed by atoms with Gasteiger partial charge in [0.2, 0.25) is 11.8 Å². The van der Waals surface area contributed by atoms with Crippen molar-refractivity contribution >= 4 is 29.5 Å². The summed E-state index contributed by atoms with van der Waals surface area (Å²) in [4.78, 5) is 41.3. The molecular weight excluding hydrogens is 472 g/mol. The van der Waals surface area contributed by atoms with Gasteiger partial charge in [0, 0.05) is 18.0 Å². The van der Waals surface area contributed by atoms with Crippen molar-refractivity contribution in [3.8, 4) is 0 Å². The van der Waals surface area contributed by atoms with Crippen LogP contribution in [0.15, 0.2) is 42.0 Å². The van der Waals surface area contributed by atoms with Gasteiger partial charge in [-0.25, -0.2) is 4.79 Å². The molecule has 0 bridgehead atoms. The number of nitrogens with zero attached hydrogens (tertiary/aromatic N) is 1. The summed E-state index contributed by atoms with van der Waals surface area (Å²) in [6.07, 6.45) is 3.71. The van der Waals surface area contributed by atoms with Gasteiger partial charge in [-0.3, -0.25) is 9.59 Å². The van der Waals surface area contributed by atoms with E-state index in [1.165, 1.54) is 11.8 Å². The number of esters is 1. The Hall–Kier alpha value is -2.28. The number of thioether (sulfide) groups is 1. The Bertz CT molecular complexity index is 919. The summed E-state index contributed by atoms with van der Waals surface area (Å²) in [6, 6.07) is 8.89. The highest BCUT2D eigenvalue weighted by molar-refractivity contribution is 8.00. The van der Waals surface area contributed by atoms with Crippen molar-refractivity contribution in [2.75, 3.05) is 19.9 Å². The molecule has 1 unspecified atom stereocenters. The zero-order valence-corrected chi connectivity index (χ0v) is 24.8. The Morgan fingerprint density at radius 1 is 1.08 bits per heavy atom. The number of likely N-dealkylation sites (N-methyl/N-ethyl adjacent to an activating group) is 1. The molecule has 1 N–H and O–H groups in total. The van der Waals surface area contributed by atoms with Crippen molar-refractivity contribution in [3.05, 3.63) is 47.5 Å². The van der Waals surface area contributed by atoms with E-state index in [0.717, 1.165) is 5.56 Å². The molecule has 2 amide bonds. The maximum Gasteiger partial charge on any atom is 0.333 e. The Balaban J connectivity index is 3.28. The molecule has 1 rings (SSSR count). The van der Waals surface area contributed by atoms with E-state index in [2.05, 4.69) is 19.2 Å². The summed E-state index contributed by atoms with van der Waals surface area (Å²) in [7, 11) is 1.73. The molecular formula is C29H46N2O4S. The third-order valence-corrected chi connectivity index (χ3v) is 7.82. The van der Waals surface area contributed by atoms with Crippen molar-refractivity contribution in [2.24, 2.45) is 11.3 Å². The molecule has 0 fully saturated rings. The highest BCUT2D eigenvalue weighted by atomic mass is 32.2. The van der Waals surface area contributed by atoms with E-state index in [9.17, 15) is 14.4 Å². The Kier molecular flexibility index (Phi) is 11.7. The van der Waals surface area contributed by atoms with Crippen LogP contribution in [-0.2, 0) is 24.5 Å². The van der Waals surface area contributed by atoms with E-state index >= 15 is 0 Å². The van der Waals surface area contributed by atoms with Gasteiger partial charge in [0.05, 0.1) is 17.9 Å². The number of amides is 2. The van der Waals surface area contributed by atoms with E-state index in [4.69, 9.17) is 4.74 Å². The molecule has 0 aromatic heterocycles. The number of carbonyl (C=O) groups is 3. The number of nitrogens with one attached hydrogen (secondary N) is 1. The first-order valence-corrected chi connectivity index (χ1v) is 13.9. The van der Waals surface area contributed by atoms with Gasteiger partial charge in [0.1, 0.15) is 6.04 Å². The van der Waals surface area contributed by atoms with E-state index in [1.807, 2.05) is 71.2 Å². The quantitative estimate of drug-likeness (QED) is 0.321. The first-order valence-electron chi connectivity index (χ1n) is 12.6. The molecule has 1 aromatic carbocycles. The lowest BCUT2D eigenvalue weighted by molar-refractivity contribution is -0.140. The Morgan fingerprint density at radius 2 is 1.64 bits per heavy atom.